The smallest absolute Gasteiger partial charge is 0.165 e. The molecule has 0 unspecified atom stereocenters. The third kappa shape index (κ3) is 4.60. The van der Waals surface area contributed by atoms with Crippen molar-refractivity contribution in [3.8, 4) is 62.1 Å². The first-order valence-corrected chi connectivity index (χ1v) is 21.9. The summed E-state index contributed by atoms with van der Waals surface area (Å²) in [6.45, 7) is 2.18. The summed E-state index contributed by atoms with van der Waals surface area (Å²) in [5.74, 6) is 1.84. The highest BCUT2D eigenvalue weighted by Gasteiger charge is 2.52. The van der Waals surface area contributed by atoms with Crippen LogP contribution in [-0.2, 0) is 5.41 Å². The predicted octanol–water partition coefficient (Wildman–Crippen LogP) is 14.5. The number of hydrogen-bond acceptors (Lipinski definition) is 4. The standard InChI is InChI=1S/C59H36N4O/c1-35-34-49(55-53(43-26-12-17-31-50(43)64-55)51(35)58-61-56(36-18-4-2-5-19-36)60-57(62-58)37-20-6-3-7-21-37)63-47-30-16-11-25-42(47)52-48(63)33-32-41-40-24-10-15-29-46(40)59(54(41)52)44-27-13-8-22-38(44)39-23-9-14-28-45(39)59/h2-34H,1H3. The predicted molar refractivity (Wildman–Crippen MR) is 259 cm³/mol. The molecule has 298 valence electrons. The fourth-order valence-corrected chi connectivity index (χ4v) is 11.3. The zero-order valence-corrected chi connectivity index (χ0v) is 34.7. The van der Waals surface area contributed by atoms with Gasteiger partial charge in [0.1, 0.15) is 5.58 Å². The third-order valence-electron chi connectivity index (χ3n) is 13.8. The van der Waals surface area contributed by atoms with Gasteiger partial charge < -0.3 is 8.98 Å². The largest absolute Gasteiger partial charge is 0.454 e. The van der Waals surface area contributed by atoms with Crippen LogP contribution in [-0.4, -0.2) is 19.5 Å². The lowest BCUT2D eigenvalue weighted by molar-refractivity contribution is 0.666. The van der Waals surface area contributed by atoms with Crippen LogP contribution < -0.4 is 0 Å². The van der Waals surface area contributed by atoms with Gasteiger partial charge in [0.2, 0.25) is 0 Å². The molecule has 64 heavy (non-hydrogen) atoms. The quantitative estimate of drug-likeness (QED) is 0.178. The second-order valence-electron chi connectivity index (χ2n) is 17.0. The van der Waals surface area contributed by atoms with Crippen molar-refractivity contribution in [3.05, 3.63) is 228 Å². The summed E-state index contributed by atoms with van der Waals surface area (Å²) < 4.78 is 9.53. The molecule has 0 saturated carbocycles. The number of aromatic nitrogens is 4. The van der Waals surface area contributed by atoms with Crippen molar-refractivity contribution in [2.75, 3.05) is 0 Å². The van der Waals surface area contributed by atoms with Gasteiger partial charge in [-0.05, 0) is 81.3 Å². The molecule has 0 atom stereocenters. The van der Waals surface area contributed by atoms with Crippen molar-refractivity contribution in [1.29, 1.82) is 0 Å². The van der Waals surface area contributed by atoms with E-state index in [1.807, 2.05) is 42.5 Å². The van der Waals surface area contributed by atoms with E-state index in [1.165, 1.54) is 55.3 Å². The van der Waals surface area contributed by atoms with E-state index in [9.17, 15) is 0 Å². The van der Waals surface area contributed by atoms with Gasteiger partial charge in [0, 0.05) is 38.2 Å². The molecule has 0 amide bonds. The third-order valence-corrected chi connectivity index (χ3v) is 13.8. The van der Waals surface area contributed by atoms with Gasteiger partial charge in [0.05, 0.1) is 22.1 Å². The number of benzene rings is 9. The van der Waals surface area contributed by atoms with Crippen LogP contribution in [0.25, 0.3) is 106 Å². The van der Waals surface area contributed by atoms with Gasteiger partial charge in [-0.25, -0.2) is 15.0 Å². The zero-order valence-electron chi connectivity index (χ0n) is 34.7. The van der Waals surface area contributed by atoms with Gasteiger partial charge in [-0.15, -0.1) is 0 Å². The molecule has 2 aliphatic carbocycles. The van der Waals surface area contributed by atoms with Gasteiger partial charge in [-0.3, -0.25) is 0 Å². The lowest BCUT2D eigenvalue weighted by Gasteiger charge is -2.31. The lowest BCUT2D eigenvalue weighted by atomic mass is 9.69. The molecule has 1 spiro atoms. The highest BCUT2D eigenvalue weighted by atomic mass is 16.3. The van der Waals surface area contributed by atoms with Crippen molar-refractivity contribution in [1.82, 2.24) is 19.5 Å². The van der Waals surface area contributed by atoms with Crippen LogP contribution >= 0.6 is 0 Å². The number of nitrogens with zero attached hydrogens (tertiary/aromatic N) is 4. The molecular weight excluding hydrogens is 781 g/mol. The van der Waals surface area contributed by atoms with Crippen molar-refractivity contribution in [3.63, 3.8) is 0 Å². The molecule has 0 radical (unpaired) electrons. The van der Waals surface area contributed by atoms with Gasteiger partial charge in [0.25, 0.3) is 0 Å². The Morgan fingerprint density at radius 2 is 0.953 bits per heavy atom. The van der Waals surface area contributed by atoms with Crippen molar-refractivity contribution in [2.24, 2.45) is 0 Å². The molecule has 0 aliphatic heterocycles. The summed E-state index contributed by atoms with van der Waals surface area (Å²) >= 11 is 0. The fraction of sp³-hybridized carbons (Fsp3) is 0.0339. The van der Waals surface area contributed by atoms with Gasteiger partial charge in [0.15, 0.2) is 23.1 Å². The van der Waals surface area contributed by atoms with Gasteiger partial charge in [-0.2, -0.15) is 0 Å². The summed E-state index contributed by atoms with van der Waals surface area (Å²) in [6, 6.07) is 71.7. The average Bonchev–Trinajstić information content (AvgIpc) is 4.08. The molecule has 0 saturated heterocycles. The fourth-order valence-electron chi connectivity index (χ4n) is 11.3. The highest BCUT2D eigenvalue weighted by molar-refractivity contribution is 6.19. The molecule has 14 rings (SSSR count). The topological polar surface area (TPSA) is 56.7 Å². The molecule has 12 aromatic rings. The molecule has 0 N–H and O–H groups in total. The summed E-state index contributed by atoms with van der Waals surface area (Å²) in [7, 11) is 0. The first-order chi connectivity index (χ1) is 31.7. The Balaban J connectivity index is 1.10. The van der Waals surface area contributed by atoms with Crippen LogP contribution in [0.2, 0.25) is 0 Å². The van der Waals surface area contributed by atoms with Crippen molar-refractivity contribution >= 4 is 43.7 Å². The lowest BCUT2D eigenvalue weighted by Crippen LogP contribution is -2.26. The zero-order chi connectivity index (χ0) is 42.1. The number of para-hydroxylation sites is 2. The molecule has 3 heterocycles. The van der Waals surface area contributed by atoms with Crippen LogP contribution in [0.4, 0.5) is 0 Å². The monoisotopic (exact) mass is 816 g/mol. The van der Waals surface area contributed by atoms with E-state index in [2.05, 4.69) is 169 Å². The minimum absolute atomic E-state index is 0.506. The average molecular weight is 817 g/mol. The van der Waals surface area contributed by atoms with Crippen LogP contribution in [0.15, 0.2) is 205 Å². The number of hydrogen-bond donors (Lipinski definition) is 0. The second-order valence-corrected chi connectivity index (χ2v) is 17.0. The van der Waals surface area contributed by atoms with Crippen molar-refractivity contribution < 1.29 is 4.42 Å². The van der Waals surface area contributed by atoms with Crippen LogP contribution in [0.3, 0.4) is 0 Å². The van der Waals surface area contributed by atoms with E-state index < -0.39 is 5.41 Å². The number of aryl methyl sites for hydroxylation is 1. The number of furan rings is 1. The Bertz CT molecular complexity index is 3800. The van der Waals surface area contributed by atoms with Crippen LogP contribution in [0.5, 0.6) is 0 Å². The molecular formula is C59H36N4O. The van der Waals surface area contributed by atoms with Crippen molar-refractivity contribution in [2.45, 2.75) is 12.3 Å². The van der Waals surface area contributed by atoms with E-state index in [4.69, 9.17) is 19.4 Å². The molecule has 2 aliphatic rings. The Morgan fingerprint density at radius 1 is 0.438 bits per heavy atom. The minimum atomic E-state index is -0.506. The Labute approximate surface area is 368 Å². The normalized spacial score (nSPS) is 13.2. The molecule has 0 fully saturated rings. The Morgan fingerprint density at radius 3 is 1.59 bits per heavy atom. The maximum absolute atomic E-state index is 7.09. The van der Waals surface area contributed by atoms with Crippen LogP contribution in [0.1, 0.15) is 27.8 Å². The van der Waals surface area contributed by atoms with Crippen LogP contribution in [0, 0.1) is 6.92 Å². The van der Waals surface area contributed by atoms with E-state index in [-0.39, 0.29) is 0 Å². The van der Waals surface area contributed by atoms with E-state index in [0.29, 0.717) is 17.5 Å². The van der Waals surface area contributed by atoms with E-state index >= 15 is 0 Å². The Kier molecular flexibility index (Phi) is 7.18. The molecule has 5 nitrogen and oxygen atoms in total. The van der Waals surface area contributed by atoms with E-state index in [1.54, 1.807) is 0 Å². The summed E-state index contributed by atoms with van der Waals surface area (Å²) in [6.07, 6.45) is 0. The first-order valence-electron chi connectivity index (χ1n) is 21.9. The molecule has 3 aromatic heterocycles. The summed E-state index contributed by atoms with van der Waals surface area (Å²) in [5, 5.41) is 4.44. The van der Waals surface area contributed by atoms with E-state index in [0.717, 1.165) is 60.9 Å². The first kappa shape index (κ1) is 35.2. The molecule has 9 aromatic carbocycles. The summed E-state index contributed by atoms with van der Waals surface area (Å²) in [4.78, 5) is 15.5. The number of fused-ring (bicyclic) bond motifs is 17. The van der Waals surface area contributed by atoms with Gasteiger partial charge in [-0.1, -0.05) is 176 Å². The molecule has 5 heteroatoms. The summed E-state index contributed by atoms with van der Waals surface area (Å²) in [5.41, 5.74) is 18.6. The number of rotatable bonds is 4. The second kappa shape index (κ2) is 13.1. The SMILES string of the molecule is Cc1cc(-n2c3ccccc3c3c4c(ccc32)-c2ccccc2C42c3ccccc3-c3ccccc32)c2oc3ccccc3c2c1-c1nc(-c2ccccc2)nc(-c2ccccc2)n1. The van der Waals surface area contributed by atoms with Gasteiger partial charge >= 0.3 is 0 Å². The maximum Gasteiger partial charge on any atom is 0.165 e. The molecule has 0 bridgehead atoms. The highest BCUT2D eigenvalue weighted by Crippen LogP contribution is 2.64. The minimum Gasteiger partial charge on any atom is -0.454 e. The maximum atomic E-state index is 7.09. The Hall–Kier alpha value is -8.41.